The van der Waals surface area contributed by atoms with Crippen molar-refractivity contribution in [2.45, 2.75) is 43.4 Å². The highest BCUT2D eigenvalue weighted by atomic mass is 32.2. The van der Waals surface area contributed by atoms with Gasteiger partial charge in [0.2, 0.25) is 0 Å². The average Bonchev–Trinajstić information content (AvgIpc) is 3.32. The molecule has 0 amide bonds. The van der Waals surface area contributed by atoms with Crippen LogP contribution in [0.15, 0.2) is 11.5 Å². The molecule has 6 heteroatoms. The quantitative estimate of drug-likeness (QED) is 0.671. The van der Waals surface area contributed by atoms with Crippen LogP contribution in [0.2, 0.25) is 0 Å². The highest BCUT2D eigenvalue weighted by Gasteiger charge is 2.26. The molecule has 2 aliphatic carbocycles. The van der Waals surface area contributed by atoms with Gasteiger partial charge in [0.25, 0.3) is 0 Å². The number of aromatic nitrogens is 4. The fraction of sp³-hybridized carbons (Fsp3) is 0.615. The molecule has 2 aromatic rings. The Morgan fingerprint density at radius 1 is 1.32 bits per heavy atom. The van der Waals surface area contributed by atoms with Gasteiger partial charge in [-0.2, -0.15) is 0 Å². The zero-order valence-corrected chi connectivity index (χ0v) is 11.8. The third-order valence-corrected chi connectivity index (χ3v) is 4.24. The molecule has 0 spiro atoms. The summed E-state index contributed by atoms with van der Waals surface area (Å²) in [6.07, 6.45) is 9.09. The number of fused-ring (bicyclic) bond motifs is 1. The topological polar surface area (TPSA) is 55.6 Å². The van der Waals surface area contributed by atoms with E-state index in [9.17, 15) is 0 Å². The van der Waals surface area contributed by atoms with Crippen LogP contribution in [-0.4, -0.2) is 31.8 Å². The minimum atomic E-state index is 0.585. The molecule has 100 valence electrons. The minimum Gasteiger partial charge on any atom is -0.365 e. The Morgan fingerprint density at radius 2 is 2.16 bits per heavy atom. The van der Waals surface area contributed by atoms with Crippen LogP contribution in [0.4, 0.5) is 5.82 Å². The van der Waals surface area contributed by atoms with Crippen molar-refractivity contribution in [2.24, 2.45) is 5.92 Å². The number of hydrogen-bond acceptors (Lipinski definition) is 5. The Morgan fingerprint density at radius 3 is 2.84 bits per heavy atom. The maximum Gasteiger partial charge on any atom is 0.191 e. The average molecular weight is 275 g/mol. The molecule has 5 nitrogen and oxygen atoms in total. The largest absolute Gasteiger partial charge is 0.365 e. The fourth-order valence-electron chi connectivity index (χ4n) is 2.25. The zero-order valence-electron chi connectivity index (χ0n) is 11.0. The lowest BCUT2D eigenvalue weighted by Gasteiger charge is -2.07. The van der Waals surface area contributed by atoms with Gasteiger partial charge in [-0.3, -0.25) is 0 Å². The Labute approximate surface area is 116 Å². The first-order chi connectivity index (χ1) is 9.33. The molecule has 0 saturated heterocycles. The van der Waals surface area contributed by atoms with Gasteiger partial charge in [-0.25, -0.2) is 15.0 Å². The van der Waals surface area contributed by atoms with Crippen molar-refractivity contribution in [3.05, 3.63) is 6.33 Å². The molecule has 0 unspecified atom stereocenters. The summed E-state index contributed by atoms with van der Waals surface area (Å²) in [7, 11) is 0. The third-order valence-electron chi connectivity index (χ3n) is 3.70. The summed E-state index contributed by atoms with van der Waals surface area (Å²) in [4.78, 5) is 13.7. The van der Waals surface area contributed by atoms with E-state index in [-0.39, 0.29) is 0 Å². The van der Waals surface area contributed by atoms with Crippen LogP contribution in [0.1, 0.15) is 25.7 Å². The van der Waals surface area contributed by atoms with Gasteiger partial charge in [-0.15, -0.1) is 0 Å². The highest BCUT2D eigenvalue weighted by molar-refractivity contribution is 7.98. The predicted octanol–water partition coefficient (Wildman–Crippen LogP) is 2.53. The number of hydrogen-bond donors (Lipinski definition) is 1. The van der Waals surface area contributed by atoms with Crippen molar-refractivity contribution >= 4 is 28.7 Å². The second-order valence-electron chi connectivity index (χ2n) is 5.49. The molecule has 2 heterocycles. The summed E-state index contributed by atoms with van der Waals surface area (Å²) in [6, 6.07) is 0.585. The first-order valence-corrected chi connectivity index (χ1v) is 8.09. The number of rotatable bonds is 5. The summed E-state index contributed by atoms with van der Waals surface area (Å²) >= 11 is 1.59. The highest BCUT2D eigenvalue weighted by Crippen LogP contribution is 2.33. The van der Waals surface area contributed by atoms with Crippen LogP contribution in [0.5, 0.6) is 0 Å². The van der Waals surface area contributed by atoms with Crippen molar-refractivity contribution in [2.75, 3.05) is 11.6 Å². The van der Waals surface area contributed by atoms with E-state index in [4.69, 9.17) is 0 Å². The molecule has 0 atom stereocenters. The third kappa shape index (κ3) is 2.29. The molecule has 2 aromatic heterocycles. The Bertz CT molecular complexity index is 615. The molecule has 2 aliphatic rings. The van der Waals surface area contributed by atoms with E-state index in [0.29, 0.717) is 6.04 Å². The number of imidazole rings is 1. The molecule has 2 saturated carbocycles. The van der Waals surface area contributed by atoms with Crippen molar-refractivity contribution in [1.29, 1.82) is 0 Å². The smallest absolute Gasteiger partial charge is 0.191 e. The maximum atomic E-state index is 4.64. The Balaban J connectivity index is 1.77. The molecular weight excluding hydrogens is 258 g/mol. The summed E-state index contributed by atoms with van der Waals surface area (Å²) < 4.78 is 2.19. The van der Waals surface area contributed by atoms with Gasteiger partial charge in [0.05, 0.1) is 6.33 Å². The number of nitrogens with one attached hydrogen (secondary N) is 1. The van der Waals surface area contributed by atoms with E-state index >= 15 is 0 Å². The second kappa shape index (κ2) is 4.37. The van der Waals surface area contributed by atoms with E-state index in [1.807, 2.05) is 12.6 Å². The van der Waals surface area contributed by atoms with Crippen LogP contribution in [-0.2, 0) is 6.54 Å². The molecule has 19 heavy (non-hydrogen) atoms. The Hall–Kier alpha value is -1.30. The SMILES string of the molecule is CSc1nc(NC2CC2)c2ncn(CC3CC3)c2n1. The molecule has 2 fully saturated rings. The number of thioether (sulfide) groups is 1. The first kappa shape index (κ1) is 11.5. The van der Waals surface area contributed by atoms with E-state index in [0.717, 1.165) is 34.6 Å². The monoisotopic (exact) mass is 275 g/mol. The van der Waals surface area contributed by atoms with Gasteiger partial charge >= 0.3 is 0 Å². The van der Waals surface area contributed by atoms with Gasteiger partial charge in [0.1, 0.15) is 0 Å². The van der Waals surface area contributed by atoms with E-state index < -0.39 is 0 Å². The molecule has 0 bridgehead atoms. The molecule has 1 N–H and O–H groups in total. The van der Waals surface area contributed by atoms with Crippen molar-refractivity contribution in [3.8, 4) is 0 Å². The van der Waals surface area contributed by atoms with Gasteiger partial charge in [0.15, 0.2) is 22.1 Å². The van der Waals surface area contributed by atoms with E-state index in [1.54, 1.807) is 11.8 Å². The molecule has 0 radical (unpaired) electrons. The lowest BCUT2D eigenvalue weighted by atomic mass is 10.4. The van der Waals surface area contributed by atoms with Crippen molar-refractivity contribution in [3.63, 3.8) is 0 Å². The van der Waals surface area contributed by atoms with Gasteiger partial charge in [-0.05, 0) is 37.9 Å². The van der Waals surface area contributed by atoms with Gasteiger partial charge < -0.3 is 9.88 Å². The number of anilines is 1. The lowest BCUT2D eigenvalue weighted by Crippen LogP contribution is -2.06. The molecular formula is C13H17N5S. The van der Waals surface area contributed by atoms with Crippen LogP contribution in [0, 0.1) is 5.92 Å². The van der Waals surface area contributed by atoms with Crippen LogP contribution >= 0.6 is 11.8 Å². The standard InChI is InChI=1S/C13H17N5S/c1-19-13-16-11(15-9-4-5-9)10-12(17-13)18(7-14-10)6-8-2-3-8/h7-9H,2-6H2,1H3,(H,15,16,17). The predicted molar refractivity (Wildman–Crippen MR) is 76.5 cm³/mol. The van der Waals surface area contributed by atoms with Gasteiger partial charge in [0, 0.05) is 12.6 Å². The van der Waals surface area contributed by atoms with Gasteiger partial charge in [-0.1, -0.05) is 11.8 Å². The maximum absolute atomic E-state index is 4.64. The number of nitrogens with zero attached hydrogens (tertiary/aromatic N) is 4. The summed E-state index contributed by atoms with van der Waals surface area (Å²) in [5.74, 6) is 1.73. The summed E-state index contributed by atoms with van der Waals surface area (Å²) in [6.45, 7) is 1.05. The minimum absolute atomic E-state index is 0.585. The normalized spacial score (nSPS) is 19.0. The van der Waals surface area contributed by atoms with E-state index in [2.05, 4.69) is 24.8 Å². The van der Waals surface area contributed by atoms with E-state index in [1.165, 1.54) is 25.7 Å². The molecule has 0 aliphatic heterocycles. The van der Waals surface area contributed by atoms with Crippen LogP contribution in [0.3, 0.4) is 0 Å². The molecule has 0 aromatic carbocycles. The second-order valence-corrected chi connectivity index (χ2v) is 6.26. The Kier molecular flexibility index (Phi) is 2.65. The summed E-state index contributed by atoms with van der Waals surface area (Å²) in [5.41, 5.74) is 1.90. The van der Waals surface area contributed by atoms with Crippen LogP contribution in [0.25, 0.3) is 11.2 Å². The van der Waals surface area contributed by atoms with Crippen molar-refractivity contribution < 1.29 is 0 Å². The first-order valence-electron chi connectivity index (χ1n) is 6.87. The van der Waals surface area contributed by atoms with Crippen LogP contribution < -0.4 is 5.32 Å². The zero-order chi connectivity index (χ0) is 12.8. The fourth-order valence-corrected chi connectivity index (χ4v) is 2.61. The summed E-state index contributed by atoms with van der Waals surface area (Å²) in [5, 5.41) is 4.30. The lowest BCUT2D eigenvalue weighted by molar-refractivity contribution is 0.636. The van der Waals surface area contributed by atoms with Crippen molar-refractivity contribution in [1.82, 2.24) is 19.5 Å². The molecule has 4 rings (SSSR count).